The minimum atomic E-state index is 0.593. The molecule has 1 aliphatic rings. The van der Waals surface area contributed by atoms with Gasteiger partial charge in [-0.05, 0) is 25.9 Å². The largest absolute Gasteiger partial charge is 0.366 e. The molecule has 1 aliphatic carbocycles. The molecule has 1 fully saturated rings. The zero-order valence-corrected chi connectivity index (χ0v) is 12.2. The van der Waals surface area contributed by atoms with Gasteiger partial charge >= 0.3 is 0 Å². The number of nitrogens with one attached hydrogen (secondary N) is 1. The maximum Gasteiger partial charge on any atom is 0.203 e. The fourth-order valence-electron chi connectivity index (χ4n) is 2.46. The lowest BCUT2D eigenvalue weighted by Crippen LogP contribution is -2.28. The fourth-order valence-corrected chi connectivity index (χ4v) is 2.46. The SMILES string of the molecule is CCN(CC)CCNc1nccn2c(C3CC3)nnc12. The molecule has 1 saturated carbocycles. The van der Waals surface area contributed by atoms with Gasteiger partial charge in [0, 0.05) is 31.4 Å². The van der Waals surface area contributed by atoms with Crippen molar-refractivity contribution < 1.29 is 0 Å². The van der Waals surface area contributed by atoms with Crippen LogP contribution < -0.4 is 5.32 Å². The maximum atomic E-state index is 4.40. The fraction of sp³-hybridized carbons (Fsp3) is 0.643. The molecule has 20 heavy (non-hydrogen) atoms. The number of anilines is 1. The monoisotopic (exact) mass is 274 g/mol. The van der Waals surface area contributed by atoms with Crippen LogP contribution >= 0.6 is 0 Å². The number of hydrogen-bond donors (Lipinski definition) is 1. The van der Waals surface area contributed by atoms with Crippen LogP contribution in [-0.2, 0) is 0 Å². The molecule has 2 aromatic rings. The standard InChI is InChI=1S/C14H22N6/c1-3-19(4-2)9-7-15-12-14-18-17-13(11-5-6-11)20(14)10-8-16-12/h8,10-11H,3-7,9H2,1-2H3,(H,15,16). The Labute approximate surface area is 119 Å². The Morgan fingerprint density at radius 2 is 2.10 bits per heavy atom. The molecule has 2 heterocycles. The molecule has 0 aromatic carbocycles. The molecule has 1 N–H and O–H groups in total. The van der Waals surface area contributed by atoms with Crippen molar-refractivity contribution in [1.82, 2.24) is 24.5 Å². The van der Waals surface area contributed by atoms with E-state index in [-0.39, 0.29) is 0 Å². The minimum Gasteiger partial charge on any atom is -0.366 e. The Hall–Kier alpha value is -1.69. The normalized spacial score (nSPS) is 15.2. The van der Waals surface area contributed by atoms with Crippen molar-refractivity contribution >= 4 is 11.5 Å². The molecule has 0 amide bonds. The van der Waals surface area contributed by atoms with Crippen molar-refractivity contribution in [2.75, 3.05) is 31.5 Å². The highest BCUT2D eigenvalue weighted by Crippen LogP contribution is 2.39. The topological polar surface area (TPSA) is 58.4 Å². The zero-order valence-electron chi connectivity index (χ0n) is 12.2. The quantitative estimate of drug-likeness (QED) is 0.833. The second-order valence-electron chi connectivity index (χ2n) is 5.26. The highest BCUT2D eigenvalue weighted by molar-refractivity contribution is 5.62. The van der Waals surface area contributed by atoms with E-state index >= 15 is 0 Å². The number of rotatable bonds is 7. The molecule has 0 spiro atoms. The Balaban J connectivity index is 1.71. The van der Waals surface area contributed by atoms with Crippen molar-refractivity contribution in [3.05, 3.63) is 18.2 Å². The van der Waals surface area contributed by atoms with Crippen LogP contribution in [0.5, 0.6) is 0 Å². The molecule has 0 atom stereocenters. The molecule has 0 bridgehead atoms. The van der Waals surface area contributed by atoms with Gasteiger partial charge < -0.3 is 10.2 Å². The van der Waals surface area contributed by atoms with E-state index < -0.39 is 0 Å². The van der Waals surface area contributed by atoms with Gasteiger partial charge in [-0.1, -0.05) is 13.8 Å². The van der Waals surface area contributed by atoms with E-state index in [4.69, 9.17) is 0 Å². The van der Waals surface area contributed by atoms with Crippen LogP contribution in [0.4, 0.5) is 5.82 Å². The molecule has 0 radical (unpaired) electrons. The van der Waals surface area contributed by atoms with Crippen LogP contribution in [0.15, 0.2) is 12.4 Å². The van der Waals surface area contributed by atoms with E-state index in [1.54, 1.807) is 0 Å². The van der Waals surface area contributed by atoms with Crippen molar-refractivity contribution in [2.45, 2.75) is 32.6 Å². The summed E-state index contributed by atoms with van der Waals surface area (Å²) in [7, 11) is 0. The van der Waals surface area contributed by atoms with Crippen LogP contribution in [-0.4, -0.2) is 50.7 Å². The summed E-state index contributed by atoms with van der Waals surface area (Å²) in [5.41, 5.74) is 0.842. The summed E-state index contributed by atoms with van der Waals surface area (Å²) in [5.74, 6) is 2.50. The maximum absolute atomic E-state index is 4.40. The van der Waals surface area contributed by atoms with E-state index in [0.29, 0.717) is 5.92 Å². The first kappa shape index (κ1) is 13.3. The van der Waals surface area contributed by atoms with Gasteiger partial charge in [0.05, 0.1) is 0 Å². The van der Waals surface area contributed by atoms with E-state index in [1.165, 1.54) is 12.8 Å². The van der Waals surface area contributed by atoms with Crippen LogP contribution in [0.3, 0.4) is 0 Å². The van der Waals surface area contributed by atoms with Crippen molar-refractivity contribution in [3.8, 4) is 0 Å². The number of nitrogens with zero attached hydrogens (tertiary/aromatic N) is 5. The second-order valence-corrected chi connectivity index (χ2v) is 5.26. The van der Waals surface area contributed by atoms with Crippen molar-refractivity contribution in [3.63, 3.8) is 0 Å². The third kappa shape index (κ3) is 2.60. The van der Waals surface area contributed by atoms with Crippen LogP contribution in [0.25, 0.3) is 5.65 Å². The highest BCUT2D eigenvalue weighted by Gasteiger charge is 2.29. The van der Waals surface area contributed by atoms with E-state index in [1.807, 2.05) is 12.4 Å². The van der Waals surface area contributed by atoms with Gasteiger partial charge in [-0.3, -0.25) is 4.40 Å². The second kappa shape index (κ2) is 5.75. The summed E-state index contributed by atoms with van der Waals surface area (Å²) in [6, 6.07) is 0. The van der Waals surface area contributed by atoms with Gasteiger partial charge in [-0.2, -0.15) is 0 Å². The number of aromatic nitrogens is 4. The smallest absolute Gasteiger partial charge is 0.203 e. The predicted molar refractivity (Wildman–Crippen MR) is 79.0 cm³/mol. The molecule has 6 nitrogen and oxygen atoms in total. The van der Waals surface area contributed by atoms with E-state index in [9.17, 15) is 0 Å². The number of likely N-dealkylation sites (N-methyl/N-ethyl adjacent to an activating group) is 1. The Kier molecular flexibility index (Phi) is 3.82. The van der Waals surface area contributed by atoms with Gasteiger partial charge in [0.1, 0.15) is 5.82 Å². The van der Waals surface area contributed by atoms with Gasteiger partial charge in [0.25, 0.3) is 0 Å². The third-order valence-electron chi connectivity index (χ3n) is 3.91. The summed E-state index contributed by atoms with van der Waals surface area (Å²) in [6.07, 6.45) is 6.24. The van der Waals surface area contributed by atoms with Gasteiger partial charge in [-0.15, -0.1) is 10.2 Å². The first-order valence-corrected chi connectivity index (χ1v) is 7.49. The van der Waals surface area contributed by atoms with Crippen molar-refractivity contribution in [1.29, 1.82) is 0 Å². The highest BCUT2D eigenvalue weighted by atomic mass is 15.3. The van der Waals surface area contributed by atoms with Crippen molar-refractivity contribution in [2.24, 2.45) is 0 Å². The minimum absolute atomic E-state index is 0.593. The molecular weight excluding hydrogens is 252 g/mol. The van der Waals surface area contributed by atoms with E-state index in [2.05, 4.69) is 43.6 Å². The van der Waals surface area contributed by atoms with Gasteiger partial charge in [0.2, 0.25) is 5.65 Å². The average Bonchev–Trinajstić information content (AvgIpc) is 3.23. The summed E-state index contributed by atoms with van der Waals surface area (Å²) < 4.78 is 2.07. The van der Waals surface area contributed by atoms with Gasteiger partial charge in [-0.25, -0.2) is 4.98 Å². The summed E-state index contributed by atoms with van der Waals surface area (Å²) in [6.45, 7) is 8.41. The summed E-state index contributed by atoms with van der Waals surface area (Å²) >= 11 is 0. The first-order valence-electron chi connectivity index (χ1n) is 7.49. The van der Waals surface area contributed by atoms with Crippen LogP contribution in [0, 0.1) is 0 Å². The predicted octanol–water partition coefficient (Wildman–Crippen LogP) is 1.76. The lowest BCUT2D eigenvalue weighted by atomic mass is 10.4. The molecule has 3 rings (SSSR count). The molecular formula is C14H22N6. The molecule has 0 aliphatic heterocycles. The lowest BCUT2D eigenvalue weighted by Gasteiger charge is -2.18. The van der Waals surface area contributed by atoms with Crippen LogP contribution in [0.1, 0.15) is 38.4 Å². The molecule has 0 saturated heterocycles. The lowest BCUT2D eigenvalue weighted by molar-refractivity contribution is 0.316. The Bertz CT molecular complexity index is 570. The summed E-state index contributed by atoms with van der Waals surface area (Å²) in [4.78, 5) is 6.78. The molecule has 108 valence electrons. The van der Waals surface area contributed by atoms with Crippen LogP contribution in [0.2, 0.25) is 0 Å². The number of hydrogen-bond acceptors (Lipinski definition) is 5. The Morgan fingerprint density at radius 1 is 1.30 bits per heavy atom. The first-order chi connectivity index (χ1) is 9.83. The molecule has 0 unspecified atom stereocenters. The number of fused-ring (bicyclic) bond motifs is 1. The van der Waals surface area contributed by atoms with E-state index in [0.717, 1.165) is 43.5 Å². The third-order valence-corrected chi connectivity index (χ3v) is 3.91. The molecule has 6 heteroatoms. The molecule has 2 aromatic heterocycles. The summed E-state index contributed by atoms with van der Waals surface area (Å²) in [5, 5.41) is 12.0. The zero-order chi connectivity index (χ0) is 13.9. The van der Waals surface area contributed by atoms with Gasteiger partial charge in [0.15, 0.2) is 5.82 Å². The Morgan fingerprint density at radius 3 is 2.80 bits per heavy atom. The average molecular weight is 274 g/mol.